The normalized spacial score (nSPS) is 13.1. The molecule has 4 rings (SSSR count). The van der Waals surface area contributed by atoms with Gasteiger partial charge in [0.1, 0.15) is 11.4 Å². The van der Waals surface area contributed by atoms with Gasteiger partial charge in [0.2, 0.25) is 10.0 Å². The highest BCUT2D eigenvalue weighted by Gasteiger charge is 2.30. The number of sulfonamides is 1. The molecule has 0 bridgehead atoms. The van der Waals surface area contributed by atoms with Crippen molar-refractivity contribution in [3.63, 3.8) is 0 Å². The van der Waals surface area contributed by atoms with Crippen molar-refractivity contribution in [2.24, 2.45) is 0 Å². The molecule has 0 aliphatic carbocycles. The monoisotopic (exact) mass is 536 g/mol. The van der Waals surface area contributed by atoms with Crippen LogP contribution in [0.2, 0.25) is 0 Å². The average molecular weight is 537 g/mol. The molecule has 9 heteroatoms. The van der Waals surface area contributed by atoms with Crippen molar-refractivity contribution in [2.75, 3.05) is 6.54 Å². The molecule has 1 atom stereocenters. The van der Waals surface area contributed by atoms with E-state index >= 15 is 0 Å². The van der Waals surface area contributed by atoms with E-state index in [4.69, 9.17) is 4.74 Å². The van der Waals surface area contributed by atoms with Gasteiger partial charge in [0.15, 0.2) is 0 Å². The molecule has 0 amide bonds. The van der Waals surface area contributed by atoms with E-state index in [9.17, 15) is 23.4 Å². The summed E-state index contributed by atoms with van der Waals surface area (Å²) in [5.41, 5.74) is 1.79. The summed E-state index contributed by atoms with van der Waals surface area (Å²) in [4.78, 5) is 13.0. The maximum Gasteiger partial charge on any atom is 0.419 e. The van der Waals surface area contributed by atoms with Crippen molar-refractivity contribution in [1.29, 1.82) is 0 Å². The smallest absolute Gasteiger partial charge is 0.419 e. The van der Waals surface area contributed by atoms with Crippen LogP contribution in [0.1, 0.15) is 43.6 Å². The van der Waals surface area contributed by atoms with Crippen LogP contribution in [0.4, 0.5) is 4.79 Å². The maximum absolute atomic E-state index is 13.7. The Morgan fingerprint density at radius 1 is 1.00 bits per heavy atom. The first kappa shape index (κ1) is 27.4. The van der Waals surface area contributed by atoms with Crippen molar-refractivity contribution in [3.05, 3.63) is 95.7 Å². The number of carbonyl (C=O) groups excluding carboxylic acids is 1. The molecule has 0 fully saturated rings. The zero-order valence-electron chi connectivity index (χ0n) is 21.8. The van der Waals surface area contributed by atoms with Crippen LogP contribution >= 0.6 is 0 Å². The molecule has 38 heavy (non-hydrogen) atoms. The molecular formula is C29H32N2O6S. The number of phenolic OH excluding ortho intramolecular Hbond substituents is 1. The number of aliphatic hydroxyl groups excluding tert-OH is 1. The summed E-state index contributed by atoms with van der Waals surface area (Å²) in [7, 11) is -4.00. The third-order valence-electron chi connectivity index (χ3n) is 6.02. The molecule has 200 valence electrons. The minimum absolute atomic E-state index is 0.0295. The number of hydrogen-bond acceptors (Lipinski definition) is 6. The van der Waals surface area contributed by atoms with Gasteiger partial charge < -0.3 is 14.9 Å². The summed E-state index contributed by atoms with van der Waals surface area (Å²) in [5.74, 6) is 0.0664. The highest BCUT2D eigenvalue weighted by Crippen LogP contribution is 2.30. The third kappa shape index (κ3) is 6.07. The lowest BCUT2D eigenvalue weighted by Gasteiger charge is -2.25. The molecule has 0 aliphatic heterocycles. The first-order chi connectivity index (χ1) is 17.8. The van der Waals surface area contributed by atoms with Crippen molar-refractivity contribution in [3.8, 4) is 5.75 Å². The molecule has 0 saturated heterocycles. The molecule has 1 heterocycles. The highest BCUT2D eigenvalue weighted by molar-refractivity contribution is 7.89. The van der Waals surface area contributed by atoms with Crippen molar-refractivity contribution in [1.82, 2.24) is 8.87 Å². The summed E-state index contributed by atoms with van der Waals surface area (Å²) in [6.07, 6.45) is -0.345. The van der Waals surface area contributed by atoms with Crippen LogP contribution in [0, 0.1) is 6.92 Å². The van der Waals surface area contributed by atoms with E-state index < -0.39 is 27.8 Å². The zero-order valence-corrected chi connectivity index (χ0v) is 22.6. The Morgan fingerprint density at radius 2 is 1.63 bits per heavy atom. The molecular weight excluding hydrogens is 504 g/mol. The Morgan fingerprint density at radius 3 is 2.26 bits per heavy atom. The van der Waals surface area contributed by atoms with Crippen LogP contribution < -0.4 is 0 Å². The van der Waals surface area contributed by atoms with Crippen molar-refractivity contribution in [2.45, 2.75) is 50.8 Å². The molecule has 0 aliphatic rings. The Kier molecular flexibility index (Phi) is 7.64. The van der Waals surface area contributed by atoms with E-state index in [2.05, 4.69) is 0 Å². The number of hydrogen-bond donors (Lipinski definition) is 2. The number of carbonyl (C=O) groups is 1. The fraction of sp³-hybridized carbons (Fsp3) is 0.276. The molecule has 0 radical (unpaired) electrons. The first-order valence-electron chi connectivity index (χ1n) is 12.2. The number of aliphatic hydroxyl groups is 1. The van der Waals surface area contributed by atoms with Gasteiger partial charge >= 0.3 is 6.09 Å². The second-order valence-corrected chi connectivity index (χ2v) is 12.2. The van der Waals surface area contributed by atoms with Gasteiger partial charge in [0.05, 0.1) is 16.5 Å². The Balaban J connectivity index is 1.72. The topological polar surface area (TPSA) is 109 Å². The second-order valence-electron chi connectivity index (χ2n) is 10.2. The highest BCUT2D eigenvalue weighted by atomic mass is 32.2. The largest absolute Gasteiger partial charge is 0.508 e. The van der Waals surface area contributed by atoms with Crippen molar-refractivity contribution >= 4 is 27.0 Å². The molecule has 3 aromatic carbocycles. The van der Waals surface area contributed by atoms with Gasteiger partial charge in [0.25, 0.3) is 0 Å². The fourth-order valence-electron chi connectivity index (χ4n) is 4.14. The fourth-order valence-corrected chi connectivity index (χ4v) is 5.57. The number of para-hydroxylation sites is 1. The van der Waals surface area contributed by atoms with E-state index in [1.807, 2.05) is 6.92 Å². The number of nitrogens with zero attached hydrogens (tertiary/aromatic N) is 2. The molecule has 0 saturated carbocycles. The van der Waals surface area contributed by atoms with Crippen LogP contribution in [-0.2, 0) is 21.3 Å². The molecule has 0 spiro atoms. The molecule has 1 unspecified atom stereocenters. The standard InChI is InChI=1S/C29H32N2O6S/c1-20-9-15-23(16-10-20)38(35,36)30(17-21-11-13-22(32)14-12-21)19-27(33)25-18-31(28(34)37-29(2,3)4)26-8-6-5-7-24(25)26/h5-16,18,27,32-33H,17,19H2,1-4H3. The lowest BCUT2D eigenvalue weighted by Crippen LogP contribution is -2.34. The Bertz CT molecular complexity index is 1530. The Labute approximate surface area is 222 Å². The predicted octanol–water partition coefficient (Wildman–Crippen LogP) is 5.36. The summed E-state index contributed by atoms with van der Waals surface area (Å²) in [5, 5.41) is 21.7. The van der Waals surface area contributed by atoms with Gasteiger partial charge in [-0.3, -0.25) is 4.57 Å². The summed E-state index contributed by atoms with van der Waals surface area (Å²) in [6.45, 7) is 6.88. The van der Waals surface area contributed by atoms with E-state index in [1.165, 1.54) is 39.3 Å². The number of fused-ring (bicyclic) bond motifs is 1. The number of aryl methyl sites for hydroxylation is 1. The van der Waals surface area contributed by atoms with E-state index in [0.29, 0.717) is 22.0 Å². The quantitative estimate of drug-likeness (QED) is 0.329. The summed E-state index contributed by atoms with van der Waals surface area (Å²) in [6, 6.07) is 19.8. The minimum atomic E-state index is -4.00. The van der Waals surface area contributed by atoms with Crippen LogP contribution in [-0.4, -0.2) is 45.7 Å². The molecule has 2 N–H and O–H groups in total. The van der Waals surface area contributed by atoms with Crippen LogP contribution in [0.25, 0.3) is 10.9 Å². The number of aromatic nitrogens is 1. The van der Waals surface area contributed by atoms with E-state index in [-0.39, 0.29) is 23.7 Å². The van der Waals surface area contributed by atoms with Crippen LogP contribution in [0.15, 0.2) is 83.9 Å². The van der Waals surface area contributed by atoms with Gasteiger partial charge in [-0.15, -0.1) is 0 Å². The minimum Gasteiger partial charge on any atom is -0.508 e. The van der Waals surface area contributed by atoms with Crippen molar-refractivity contribution < 1.29 is 28.2 Å². The second kappa shape index (κ2) is 10.6. The Hall–Kier alpha value is -3.66. The van der Waals surface area contributed by atoms with Gasteiger partial charge in [-0.2, -0.15) is 4.31 Å². The van der Waals surface area contributed by atoms with E-state index in [0.717, 1.165) is 5.56 Å². The third-order valence-corrected chi connectivity index (χ3v) is 7.85. The van der Waals surface area contributed by atoms with Crippen LogP contribution in [0.3, 0.4) is 0 Å². The van der Waals surface area contributed by atoms with Crippen LogP contribution in [0.5, 0.6) is 5.75 Å². The van der Waals surface area contributed by atoms with Gasteiger partial charge in [-0.1, -0.05) is 48.0 Å². The first-order valence-corrected chi connectivity index (χ1v) is 13.7. The average Bonchev–Trinajstić information content (AvgIpc) is 3.24. The lowest BCUT2D eigenvalue weighted by molar-refractivity contribution is 0.0543. The number of aromatic hydroxyl groups is 1. The zero-order chi connectivity index (χ0) is 27.7. The predicted molar refractivity (Wildman–Crippen MR) is 145 cm³/mol. The SMILES string of the molecule is Cc1ccc(S(=O)(=O)N(Cc2ccc(O)cc2)CC(O)c2cn(C(=O)OC(C)(C)C)c3ccccc23)cc1. The summed E-state index contributed by atoms with van der Waals surface area (Å²) < 4.78 is 35.5. The van der Waals surface area contributed by atoms with Gasteiger partial charge in [-0.25, -0.2) is 13.2 Å². The molecule has 8 nitrogen and oxygen atoms in total. The lowest BCUT2D eigenvalue weighted by atomic mass is 10.1. The molecule has 1 aromatic heterocycles. The van der Waals surface area contributed by atoms with Gasteiger partial charge in [-0.05, 0) is 63.6 Å². The number of ether oxygens (including phenoxy) is 1. The number of rotatable bonds is 7. The van der Waals surface area contributed by atoms with Gasteiger partial charge in [0, 0.05) is 30.2 Å². The molecule has 4 aromatic rings. The maximum atomic E-state index is 13.7. The van der Waals surface area contributed by atoms with E-state index in [1.54, 1.807) is 69.3 Å². The number of phenols is 1. The number of benzene rings is 3. The summed E-state index contributed by atoms with van der Waals surface area (Å²) >= 11 is 0.